The predicted octanol–water partition coefficient (Wildman–Crippen LogP) is 4.55. The first-order chi connectivity index (χ1) is 17.6. The van der Waals surface area contributed by atoms with Gasteiger partial charge in [-0.2, -0.15) is 4.98 Å². The lowest BCUT2D eigenvalue weighted by molar-refractivity contribution is 0.0815. The molecule has 192 valence electrons. The Morgan fingerprint density at radius 3 is 2.67 bits per heavy atom. The number of rotatable bonds is 9. The smallest absolute Gasteiger partial charge is 0.270 e. The van der Waals surface area contributed by atoms with Crippen LogP contribution in [0.3, 0.4) is 0 Å². The number of piperidine rings is 1. The molecule has 0 aromatic carbocycles. The zero-order chi connectivity index (χ0) is 24.9. The molecule has 2 N–H and O–H groups in total. The summed E-state index contributed by atoms with van der Waals surface area (Å²) in [5.41, 5.74) is 1.46. The summed E-state index contributed by atoms with van der Waals surface area (Å²) in [6, 6.07) is 6.00. The van der Waals surface area contributed by atoms with E-state index in [0.717, 1.165) is 55.1 Å². The molecule has 1 saturated carbocycles. The number of ether oxygens (including phenoxy) is 1. The van der Waals surface area contributed by atoms with Crippen LogP contribution in [0.2, 0.25) is 0 Å². The van der Waals surface area contributed by atoms with Gasteiger partial charge >= 0.3 is 0 Å². The van der Waals surface area contributed by atoms with Crippen molar-refractivity contribution in [2.24, 2.45) is 5.92 Å². The Bertz CT molecular complexity index is 1160. The molecule has 1 saturated heterocycles. The standard InChI is InChI=1S/C27H37N7O2/c1-33(2)26(35)23-16-20-17-30-27(32-25(20)34(23)21-7-3-4-8-21)31-24-10-9-22(18-29-24)36-15-5-6-19-11-13-28-14-12-19/h9-10,16-19,21,28H,3-8,11-15H2,1-2H3,(H,29,30,31,32). The number of carbonyl (C=O) groups excluding carboxylic acids is 1. The number of carbonyl (C=O) groups is 1. The fraction of sp³-hybridized carbons (Fsp3) is 0.556. The van der Waals surface area contributed by atoms with E-state index in [4.69, 9.17) is 9.72 Å². The molecule has 9 heteroatoms. The second-order valence-corrected chi connectivity index (χ2v) is 10.2. The minimum atomic E-state index is -0.0117. The fourth-order valence-electron chi connectivity index (χ4n) is 5.38. The largest absolute Gasteiger partial charge is 0.492 e. The maximum atomic E-state index is 12.9. The Hall–Kier alpha value is -3.20. The molecule has 2 fully saturated rings. The lowest BCUT2D eigenvalue weighted by Gasteiger charge is -2.22. The molecule has 0 radical (unpaired) electrons. The topological polar surface area (TPSA) is 97.2 Å². The number of fused-ring (bicyclic) bond motifs is 1. The summed E-state index contributed by atoms with van der Waals surface area (Å²) in [6.07, 6.45) is 12.8. The van der Waals surface area contributed by atoms with Crippen molar-refractivity contribution in [3.05, 3.63) is 36.3 Å². The van der Waals surface area contributed by atoms with Crippen molar-refractivity contribution in [2.45, 2.75) is 57.4 Å². The molecular formula is C27H37N7O2. The lowest BCUT2D eigenvalue weighted by atomic mass is 9.93. The van der Waals surface area contributed by atoms with Gasteiger partial charge in [0.25, 0.3) is 5.91 Å². The maximum Gasteiger partial charge on any atom is 0.270 e. The average Bonchev–Trinajstić information content (AvgIpc) is 3.55. The van der Waals surface area contributed by atoms with Crippen LogP contribution < -0.4 is 15.4 Å². The molecule has 0 atom stereocenters. The number of aromatic nitrogens is 4. The highest BCUT2D eigenvalue weighted by Crippen LogP contribution is 2.35. The molecule has 1 aliphatic heterocycles. The van der Waals surface area contributed by atoms with Gasteiger partial charge in [0.2, 0.25) is 5.95 Å². The summed E-state index contributed by atoms with van der Waals surface area (Å²) < 4.78 is 8.02. The quantitative estimate of drug-likeness (QED) is 0.424. The van der Waals surface area contributed by atoms with Crippen LogP contribution in [0, 0.1) is 5.92 Å². The van der Waals surface area contributed by atoms with E-state index >= 15 is 0 Å². The van der Waals surface area contributed by atoms with E-state index in [9.17, 15) is 4.79 Å². The van der Waals surface area contributed by atoms with Gasteiger partial charge in [0, 0.05) is 31.7 Å². The summed E-state index contributed by atoms with van der Waals surface area (Å²) in [6.45, 7) is 3.00. The van der Waals surface area contributed by atoms with E-state index in [1.54, 1.807) is 31.4 Å². The molecule has 0 bridgehead atoms. The van der Waals surface area contributed by atoms with Gasteiger partial charge in [-0.15, -0.1) is 0 Å². The van der Waals surface area contributed by atoms with Crippen LogP contribution in [-0.4, -0.2) is 64.1 Å². The number of amides is 1. The number of nitrogens with one attached hydrogen (secondary N) is 2. The Labute approximate surface area is 212 Å². The normalized spacial score (nSPS) is 16.9. The summed E-state index contributed by atoms with van der Waals surface area (Å²) in [4.78, 5) is 28.3. The molecule has 2 aliphatic rings. The Balaban J connectivity index is 1.25. The van der Waals surface area contributed by atoms with Crippen molar-refractivity contribution in [1.82, 2.24) is 29.7 Å². The Morgan fingerprint density at radius 2 is 1.94 bits per heavy atom. The van der Waals surface area contributed by atoms with Crippen molar-refractivity contribution in [1.29, 1.82) is 0 Å². The third-order valence-corrected chi connectivity index (χ3v) is 7.35. The van der Waals surface area contributed by atoms with Crippen molar-refractivity contribution < 1.29 is 9.53 Å². The molecule has 0 spiro atoms. The first-order valence-electron chi connectivity index (χ1n) is 13.2. The van der Waals surface area contributed by atoms with Crippen LogP contribution in [0.1, 0.15) is 67.9 Å². The average molecular weight is 492 g/mol. The third-order valence-electron chi connectivity index (χ3n) is 7.35. The summed E-state index contributed by atoms with van der Waals surface area (Å²) in [5, 5.41) is 7.50. The molecule has 3 aromatic heterocycles. The summed E-state index contributed by atoms with van der Waals surface area (Å²) >= 11 is 0. The Morgan fingerprint density at radius 1 is 1.14 bits per heavy atom. The highest BCUT2D eigenvalue weighted by atomic mass is 16.5. The zero-order valence-corrected chi connectivity index (χ0v) is 21.4. The minimum Gasteiger partial charge on any atom is -0.492 e. The van der Waals surface area contributed by atoms with Crippen LogP contribution in [0.15, 0.2) is 30.6 Å². The molecule has 4 heterocycles. The fourth-order valence-corrected chi connectivity index (χ4v) is 5.38. The van der Waals surface area contributed by atoms with Crippen molar-refractivity contribution >= 4 is 28.7 Å². The molecule has 3 aromatic rings. The minimum absolute atomic E-state index is 0.0117. The molecule has 5 rings (SSSR count). The van der Waals surface area contributed by atoms with Gasteiger partial charge in [-0.05, 0) is 75.7 Å². The second-order valence-electron chi connectivity index (χ2n) is 10.2. The highest BCUT2D eigenvalue weighted by molar-refractivity contribution is 5.97. The molecule has 1 aliphatic carbocycles. The van der Waals surface area contributed by atoms with Gasteiger partial charge in [-0.3, -0.25) is 4.79 Å². The van der Waals surface area contributed by atoms with Crippen LogP contribution >= 0.6 is 0 Å². The first kappa shape index (κ1) is 24.5. The van der Waals surface area contributed by atoms with Gasteiger partial charge < -0.3 is 24.8 Å². The van der Waals surface area contributed by atoms with E-state index in [1.807, 2.05) is 18.2 Å². The number of hydrogen-bond acceptors (Lipinski definition) is 7. The number of pyridine rings is 1. The van der Waals surface area contributed by atoms with E-state index < -0.39 is 0 Å². The molecule has 1 amide bonds. The van der Waals surface area contributed by atoms with E-state index in [-0.39, 0.29) is 11.9 Å². The lowest BCUT2D eigenvalue weighted by Crippen LogP contribution is -2.27. The van der Waals surface area contributed by atoms with Gasteiger partial charge in [-0.25, -0.2) is 9.97 Å². The summed E-state index contributed by atoms with van der Waals surface area (Å²) in [5.74, 6) is 2.70. The first-order valence-corrected chi connectivity index (χ1v) is 13.2. The van der Waals surface area contributed by atoms with E-state index in [1.165, 1.54) is 32.1 Å². The van der Waals surface area contributed by atoms with Crippen molar-refractivity contribution in [3.8, 4) is 5.75 Å². The summed E-state index contributed by atoms with van der Waals surface area (Å²) in [7, 11) is 3.57. The van der Waals surface area contributed by atoms with Crippen LogP contribution in [-0.2, 0) is 0 Å². The van der Waals surface area contributed by atoms with Gasteiger partial charge in [0.1, 0.15) is 22.9 Å². The van der Waals surface area contributed by atoms with Gasteiger partial charge in [0.15, 0.2) is 0 Å². The van der Waals surface area contributed by atoms with Crippen molar-refractivity contribution in [2.75, 3.05) is 39.1 Å². The number of hydrogen-bond donors (Lipinski definition) is 2. The van der Waals surface area contributed by atoms with Crippen LogP contribution in [0.5, 0.6) is 5.75 Å². The number of anilines is 2. The molecule has 9 nitrogen and oxygen atoms in total. The van der Waals surface area contributed by atoms with Crippen LogP contribution in [0.25, 0.3) is 11.0 Å². The van der Waals surface area contributed by atoms with E-state index in [2.05, 4.69) is 25.2 Å². The second kappa shape index (κ2) is 11.2. The Kier molecular flexibility index (Phi) is 7.65. The molecular weight excluding hydrogens is 454 g/mol. The van der Waals surface area contributed by atoms with Crippen LogP contribution in [0.4, 0.5) is 11.8 Å². The highest BCUT2D eigenvalue weighted by Gasteiger charge is 2.26. The third kappa shape index (κ3) is 5.61. The molecule has 0 unspecified atom stereocenters. The predicted molar refractivity (Wildman–Crippen MR) is 141 cm³/mol. The van der Waals surface area contributed by atoms with Gasteiger partial charge in [-0.1, -0.05) is 12.8 Å². The zero-order valence-electron chi connectivity index (χ0n) is 21.4. The van der Waals surface area contributed by atoms with Gasteiger partial charge in [0.05, 0.1) is 12.8 Å². The monoisotopic (exact) mass is 491 g/mol. The van der Waals surface area contributed by atoms with E-state index in [0.29, 0.717) is 24.1 Å². The molecule has 36 heavy (non-hydrogen) atoms. The van der Waals surface area contributed by atoms with Crippen molar-refractivity contribution in [3.63, 3.8) is 0 Å². The number of nitrogens with zero attached hydrogens (tertiary/aromatic N) is 5. The SMILES string of the molecule is CN(C)C(=O)c1cc2cnc(Nc3ccc(OCCCC4CCNCC4)cn3)nc2n1C1CCCC1. The maximum absolute atomic E-state index is 12.9.